The van der Waals surface area contributed by atoms with Gasteiger partial charge in [0.25, 0.3) is 0 Å². The SMILES string of the molecule is CN(CC(=O)N1CCN(c2ccc(F)cc2)CC1)Cc1ccc(Cl)cc1. The molecule has 2 aromatic carbocycles. The van der Waals surface area contributed by atoms with Crippen molar-refractivity contribution in [3.63, 3.8) is 0 Å². The van der Waals surface area contributed by atoms with E-state index in [0.29, 0.717) is 31.2 Å². The van der Waals surface area contributed by atoms with Crippen LogP contribution in [0.5, 0.6) is 0 Å². The summed E-state index contributed by atoms with van der Waals surface area (Å²) in [5, 5.41) is 0.714. The standard InChI is InChI=1S/C20H23ClFN3O/c1-23(14-16-2-4-17(21)5-3-16)15-20(26)25-12-10-24(11-13-25)19-8-6-18(22)7-9-19/h2-9H,10-15H2,1H3. The monoisotopic (exact) mass is 375 g/mol. The first-order valence-electron chi connectivity index (χ1n) is 8.72. The summed E-state index contributed by atoms with van der Waals surface area (Å²) in [6, 6.07) is 14.2. The molecule has 26 heavy (non-hydrogen) atoms. The number of likely N-dealkylation sites (N-methyl/N-ethyl adjacent to an activating group) is 1. The highest BCUT2D eigenvalue weighted by molar-refractivity contribution is 6.30. The molecule has 0 aromatic heterocycles. The van der Waals surface area contributed by atoms with Crippen LogP contribution in [-0.4, -0.2) is 55.5 Å². The second-order valence-electron chi connectivity index (χ2n) is 6.64. The first-order chi connectivity index (χ1) is 12.5. The van der Waals surface area contributed by atoms with Crippen LogP contribution in [0.1, 0.15) is 5.56 Å². The zero-order chi connectivity index (χ0) is 18.5. The molecule has 1 amide bonds. The van der Waals surface area contributed by atoms with Crippen LogP contribution in [0, 0.1) is 5.82 Å². The Bertz CT molecular complexity index is 728. The Balaban J connectivity index is 1.47. The number of rotatable bonds is 5. The van der Waals surface area contributed by atoms with Gasteiger partial charge >= 0.3 is 0 Å². The number of anilines is 1. The highest BCUT2D eigenvalue weighted by Gasteiger charge is 2.22. The zero-order valence-electron chi connectivity index (χ0n) is 14.9. The highest BCUT2D eigenvalue weighted by Crippen LogP contribution is 2.17. The number of hydrogen-bond acceptors (Lipinski definition) is 3. The molecular formula is C20H23ClFN3O. The van der Waals surface area contributed by atoms with Crippen LogP contribution in [0.15, 0.2) is 48.5 Å². The van der Waals surface area contributed by atoms with E-state index in [-0.39, 0.29) is 11.7 Å². The summed E-state index contributed by atoms with van der Waals surface area (Å²) in [5.74, 6) is -0.0912. The molecule has 0 radical (unpaired) electrons. The second-order valence-corrected chi connectivity index (χ2v) is 7.08. The molecule has 0 saturated carbocycles. The van der Waals surface area contributed by atoms with Crippen LogP contribution in [0.4, 0.5) is 10.1 Å². The van der Waals surface area contributed by atoms with Gasteiger partial charge in [0.15, 0.2) is 0 Å². The van der Waals surface area contributed by atoms with E-state index in [0.717, 1.165) is 24.3 Å². The number of nitrogens with zero attached hydrogens (tertiary/aromatic N) is 3. The minimum absolute atomic E-state index is 0.139. The Morgan fingerprint density at radius 1 is 1.04 bits per heavy atom. The Hall–Kier alpha value is -2.11. The predicted molar refractivity (Wildman–Crippen MR) is 103 cm³/mol. The average molecular weight is 376 g/mol. The highest BCUT2D eigenvalue weighted by atomic mass is 35.5. The molecule has 1 aliphatic rings. The molecule has 0 unspecified atom stereocenters. The third kappa shape index (κ3) is 4.96. The van der Waals surface area contributed by atoms with Crippen LogP contribution in [0.3, 0.4) is 0 Å². The third-order valence-corrected chi connectivity index (χ3v) is 4.85. The maximum atomic E-state index is 13.0. The van der Waals surface area contributed by atoms with Gasteiger partial charge in [-0.3, -0.25) is 9.69 Å². The van der Waals surface area contributed by atoms with Crippen LogP contribution < -0.4 is 4.90 Å². The second kappa shape index (κ2) is 8.52. The fraction of sp³-hybridized carbons (Fsp3) is 0.350. The lowest BCUT2D eigenvalue weighted by atomic mass is 10.2. The molecule has 1 fully saturated rings. The zero-order valence-corrected chi connectivity index (χ0v) is 15.6. The van der Waals surface area contributed by atoms with Crippen molar-refractivity contribution in [3.05, 3.63) is 64.9 Å². The molecule has 0 spiro atoms. The summed E-state index contributed by atoms with van der Waals surface area (Å²) in [6.45, 7) is 3.99. The van der Waals surface area contributed by atoms with Crippen LogP contribution in [0.2, 0.25) is 5.02 Å². The fourth-order valence-electron chi connectivity index (χ4n) is 3.15. The van der Waals surface area contributed by atoms with Gasteiger partial charge in [0.05, 0.1) is 6.54 Å². The molecular weight excluding hydrogens is 353 g/mol. The molecule has 4 nitrogen and oxygen atoms in total. The van der Waals surface area contributed by atoms with Crippen molar-refractivity contribution in [2.75, 3.05) is 44.7 Å². The first-order valence-corrected chi connectivity index (χ1v) is 9.10. The summed E-state index contributed by atoms with van der Waals surface area (Å²) < 4.78 is 13.0. The van der Waals surface area contributed by atoms with Gasteiger partial charge < -0.3 is 9.80 Å². The maximum absolute atomic E-state index is 13.0. The van der Waals surface area contributed by atoms with E-state index in [2.05, 4.69) is 4.90 Å². The minimum Gasteiger partial charge on any atom is -0.368 e. The quantitative estimate of drug-likeness (QED) is 0.802. The first kappa shape index (κ1) is 18.7. The molecule has 3 rings (SSSR count). The van der Waals surface area contributed by atoms with Crippen molar-refractivity contribution < 1.29 is 9.18 Å². The average Bonchev–Trinajstić information content (AvgIpc) is 2.64. The van der Waals surface area contributed by atoms with Crippen molar-refractivity contribution in [3.8, 4) is 0 Å². The minimum atomic E-state index is -0.230. The van der Waals surface area contributed by atoms with Gasteiger partial charge in [0.2, 0.25) is 5.91 Å². The fourth-order valence-corrected chi connectivity index (χ4v) is 3.28. The Labute approximate surface area is 158 Å². The summed E-state index contributed by atoms with van der Waals surface area (Å²) in [6.07, 6.45) is 0. The van der Waals surface area contributed by atoms with Gasteiger partial charge in [0, 0.05) is 43.4 Å². The van der Waals surface area contributed by atoms with Crippen molar-refractivity contribution in [2.24, 2.45) is 0 Å². The van der Waals surface area contributed by atoms with E-state index >= 15 is 0 Å². The lowest BCUT2D eigenvalue weighted by Gasteiger charge is -2.36. The van der Waals surface area contributed by atoms with Crippen LogP contribution in [0.25, 0.3) is 0 Å². The number of piperazine rings is 1. The van der Waals surface area contributed by atoms with E-state index in [1.807, 2.05) is 41.1 Å². The molecule has 1 saturated heterocycles. The Kier molecular flexibility index (Phi) is 6.12. The van der Waals surface area contributed by atoms with E-state index in [9.17, 15) is 9.18 Å². The lowest BCUT2D eigenvalue weighted by molar-refractivity contribution is -0.132. The van der Waals surface area contributed by atoms with E-state index < -0.39 is 0 Å². The van der Waals surface area contributed by atoms with Crippen LogP contribution in [-0.2, 0) is 11.3 Å². The predicted octanol–water partition coefficient (Wildman–Crippen LogP) is 3.26. The van der Waals surface area contributed by atoms with Gasteiger partial charge in [-0.1, -0.05) is 23.7 Å². The van der Waals surface area contributed by atoms with Gasteiger partial charge in [0.1, 0.15) is 5.82 Å². The largest absolute Gasteiger partial charge is 0.368 e. The summed E-state index contributed by atoms with van der Waals surface area (Å²) in [7, 11) is 1.95. The Morgan fingerprint density at radius 3 is 2.27 bits per heavy atom. The third-order valence-electron chi connectivity index (χ3n) is 4.60. The molecule has 0 bridgehead atoms. The van der Waals surface area contributed by atoms with Crippen molar-refractivity contribution in [1.29, 1.82) is 0 Å². The maximum Gasteiger partial charge on any atom is 0.236 e. The van der Waals surface area contributed by atoms with Crippen molar-refractivity contribution >= 4 is 23.2 Å². The van der Waals surface area contributed by atoms with E-state index in [1.165, 1.54) is 12.1 Å². The molecule has 2 aromatic rings. The van der Waals surface area contributed by atoms with E-state index in [4.69, 9.17) is 11.6 Å². The molecule has 0 N–H and O–H groups in total. The van der Waals surface area contributed by atoms with Gasteiger partial charge in [-0.15, -0.1) is 0 Å². The summed E-state index contributed by atoms with van der Waals surface area (Å²) >= 11 is 5.90. The normalized spacial score (nSPS) is 14.8. The van der Waals surface area contributed by atoms with Crippen molar-refractivity contribution in [1.82, 2.24) is 9.80 Å². The summed E-state index contributed by atoms with van der Waals surface area (Å²) in [5.41, 5.74) is 2.13. The topological polar surface area (TPSA) is 26.8 Å². The summed E-state index contributed by atoms with van der Waals surface area (Å²) in [4.78, 5) is 18.6. The molecule has 1 aliphatic heterocycles. The number of carbonyl (C=O) groups excluding carboxylic acids is 1. The number of amides is 1. The molecule has 138 valence electrons. The number of carbonyl (C=O) groups is 1. The van der Waals surface area contributed by atoms with Gasteiger partial charge in [-0.25, -0.2) is 4.39 Å². The molecule has 0 aliphatic carbocycles. The Morgan fingerprint density at radius 2 is 1.65 bits per heavy atom. The lowest BCUT2D eigenvalue weighted by Crippen LogP contribution is -2.51. The number of halogens is 2. The smallest absolute Gasteiger partial charge is 0.236 e. The molecule has 0 atom stereocenters. The van der Waals surface area contributed by atoms with Gasteiger partial charge in [-0.05, 0) is 49.0 Å². The van der Waals surface area contributed by atoms with Crippen LogP contribution >= 0.6 is 11.6 Å². The number of benzene rings is 2. The van der Waals surface area contributed by atoms with E-state index in [1.54, 1.807) is 12.1 Å². The molecule has 1 heterocycles. The number of hydrogen-bond donors (Lipinski definition) is 0. The molecule has 6 heteroatoms. The van der Waals surface area contributed by atoms with Gasteiger partial charge in [-0.2, -0.15) is 0 Å². The van der Waals surface area contributed by atoms with Crippen molar-refractivity contribution in [2.45, 2.75) is 6.54 Å².